The van der Waals surface area contributed by atoms with Crippen molar-refractivity contribution in [3.8, 4) is 0 Å². The van der Waals surface area contributed by atoms with Crippen molar-refractivity contribution < 1.29 is 0 Å². The minimum Gasteiger partial charge on any atom is -0.327 e. The minimum absolute atomic E-state index is 0.269. The largest absolute Gasteiger partial charge is 0.327 e. The summed E-state index contributed by atoms with van der Waals surface area (Å²) in [4.78, 5) is 0. The van der Waals surface area contributed by atoms with E-state index >= 15 is 0 Å². The quantitative estimate of drug-likeness (QED) is 0.928. The van der Waals surface area contributed by atoms with Gasteiger partial charge in [0.1, 0.15) is 0 Å². The van der Waals surface area contributed by atoms with Crippen LogP contribution in [0.2, 0.25) is 5.02 Å². The molecule has 3 nitrogen and oxygen atoms in total. The highest BCUT2D eigenvalue weighted by Crippen LogP contribution is 2.70. The summed E-state index contributed by atoms with van der Waals surface area (Å²) < 4.78 is 1.94. The average molecular weight is 294 g/mol. The lowest BCUT2D eigenvalue weighted by Gasteiger charge is -2.16. The molecule has 2 N–H and O–H groups in total. The molecule has 3 fully saturated rings. The van der Waals surface area contributed by atoms with Crippen molar-refractivity contribution in [2.24, 2.45) is 42.4 Å². The van der Waals surface area contributed by atoms with Crippen molar-refractivity contribution in [2.75, 3.05) is 0 Å². The van der Waals surface area contributed by atoms with E-state index in [0.717, 1.165) is 58.8 Å². The van der Waals surface area contributed by atoms with Crippen LogP contribution in [0.15, 0.2) is 0 Å². The van der Waals surface area contributed by atoms with Crippen molar-refractivity contribution in [3.05, 3.63) is 16.4 Å². The van der Waals surface area contributed by atoms with Gasteiger partial charge >= 0.3 is 0 Å². The highest BCUT2D eigenvalue weighted by atomic mass is 35.5. The van der Waals surface area contributed by atoms with Gasteiger partial charge in [-0.25, -0.2) is 0 Å². The van der Waals surface area contributed by atoms with Crippen LogP contribution in [0.4, 0.5) is 0 Å². The summed E-state index contributed by atoms with van der Waals surface area (Å²) in [5.41, 5.74) is 8.68. The molecular formula is C16H24ClN3. The molecular weight excluding hydrogens is 270 g/mol. The second-order valence-electron chi connectivity index (χ2n) is 7.12. The Labute approximate surface area is 125 Å². The molecule has 20 heavy (non-hydrogen) atoms. The lowest BCUT2D eigenvalue weighted by molar-refractivity contribution is 0.405. The van der Waals surface area contributed by atoms with Gasteiger partial charge in [0.25, 0.3) is 0 Å². The van der Waals surface area contributed by atoms with Gasteiger partial charge in [0, 0.05) is 19.5 Å². The fourth-order valence-electron chi connectivity index (χ4n) is 5.37. The number of hydrogen-bond acceptors (Lipinski definition) is 2. The molecule has 0 spiro atoms. The summed E-state index contributed by atoms with van der Waals surface area (Å²) in [5, 5.41) is 5.35. The van der Waals surface area contributed by atoms with E-state index in [1.54, 1.807) is 0 Å². The molecule has 1 aromatic heterocycles. The predicted molar refractivity (Wildman–Crippen MR) is 80.6 cm³/mol. The summed E-state index contributed by atoms with van der Waals surface area (Å²) in [6.07, 6.45) is 6.19. The van der Waals surface area contributed by atoms with E-state index < -0.39 is 0 Å². The third-order valence-corrected chi connectivity index (χ3v) is 6.66. The molecule has 0 amide bonds. The molecule has 2 bridgehead atoms. The summed E-state index contributed by atoms with van der Waals surface area (Å²) in [6, 6.07) is 0.269. The van der Waals surface area contributed by atoms with E-state index in [-0.39, 0.29) is 6.04 Å². The zero-order valence-electron chi connectivity index (χ0n) is 12.3. The second-order valence-corrected chi connectivity index (χ2v) is 7.50. The van der Waals surface area contributed by atoms with E-state index in [1.165, 1.54) is 19.3 Å². The van der Waals surface area contributed by atoms with Crippen molar-refractivity contribution in [2.45, 2.75) is 45.1 Å². The third-order valence-electron chi connectivity index (χ3n) is 6.22. The predicted octanol–water partition coefficient (Wildman–Crippen LogP) is 2.80. The van der Waals surface area contributed by atoms with Gasteiger partial charge in [0.2, 0.25) is 0 Å². The molecule has 0 aliphatic heterocycles. The third kappa shape index (κ3) is 1.72. The summed E-state index contributed by atoms with van der Waals surface area (Å²) in [7, 11) is 1.99. The normalized spacial score (nSPS) is 39.1. The van der Waals surface area contributed by atoms with Crippen molar-refractivity contribution >= 4 is 11.6 Å². The fraction of sp³-hybridized carbons (Fsp3) is 0.812. The lowest BCUT2D eigenvalue weighted by Crippen LogP contribution is -2.29. The van der Waals surface area contributed by atoms with Gasteiger partial charge in [-0.15, -0.1) is 0 Å². The highest BCUT2D eigenvalue weighted by molar-refractivity contribution is 6.31. The zero-order chi connectivity index (χ0) is 14.0. The Morgan fingerprint density at radius 2 is 2.00 bits per heavy atom. The number of halogens is 1. The van der Waals surface area contributed by atoms with Gasteiger partial charge in [-0.05, 0) is 55.3 Å². The van der Waals surface area contributed by atoms with Crippen LogP contribution >= 0.6 is 11.6 Å². The molecule has 0 aromatic carbocycles. The molecule has 1 heterocycles. The molecule has 0 saturated heterocycles. The van der Waals surface area contributed by atoms with E-state index in [0.29, 0.717) is 0 Å². The number of nitrogens with two attached hydrogens (primary N) is 1. The van der Waals surface area contributed by atoms with Gasteiger partial charge in [0.15, 0.2) is 0 Å². The van der Waals surface area contributed by atoms with E-state index in [1.807, 2.05) is 11.7 Å². The molecule has 4 heteroatoms. The smallest absolute Gasteiger partial charge is 0.0850 e. The Balaban J connectivity index is 1.49. The first-order valence-electron chi connectivity index (χ1n) is 8.07. The Morgan fingerprint density at radius 3 is 2.55 bits per heavy atom. The van der Waals surface area contributed by atoms with Gasteiger partial charge in [-0.1, -0.05) is 18.5 Å². The maximum atomic E-state index is 6.54. The molecule has 3 aliphatic carbocycles. The Hall–Kier alpha value is -0.540. The highest BCUT2D eigenvalue weighted by Gasteiger charge is 2.66. The van der Waals surface area contributed by atoms with Crippen LogP contribution in [0, 0.1) is 29.6 Å². The number of aryl methyl sites for hydroxylation is 2. The average Bonchev–Trinajstić information content (AvgIpc) is 2.72. The topological polar surface area (TPSA) is 43.8 Å². The molecule has 5 unspecified atom stereocenters. The molecule has 110 valence electrons. The van der Waals surface area contributed by atoms with E-state index in [9.17, 15) is 0 Å². The Kier molecular flexibility index (Phi) is 2.94. The van der Waals surface area contributed by atoms with Crippen LogP contribution in [-0.4, -0.2) is 15.8 Å². The first-order valence-corrected chi connectivity index (χ1v) is 8.45. The van der Waals surface area contributed by atoms with Gasteiger partial charge < -0.3 is 5.73 Å². The van der Waals surface area contributed by atoms with Crippen LogP contribution in [0.5, 0.6) is 0 Å². The van der Waals surface area contributed by atoms with Crippen LogP contribution in [0.3, 0.4) is 0 Å². The lowest BCUT2D eigenvalue weighted by atomic mass is 9.95. The first kappa shape index (κ1) is 13.1. The monoisotopic (exact) mass is 293 g/mol. The first-order chi connectivity index (χ1) is 9.61. The summed E-state index contributed by atoms with van der Waals surface area (Å²) in [5.74, 6) is 4.64. The maximum absolute atomic E-state index is 6.54. The van der Waals surface area contributed by atoms with Crippen LogP contribution in [-0.2, 0) is 19.9 Å². The van der Waals surface area contributed by atoms with E-state index in [4.69, 9.17) is 17.3 Å². The van der Waals surface area contributed by atoms with Gasteiger partial charge in [-0.2, -0.15) is 5.10 Å². The number of aromatic nitrogens is 2. The van der Waals surface area contributed by atoms with E-state index in [2.05, 4.69) is 12.0 Å². The summed E-state index contributed by atoms with van der Waals surface area (Å²) in [6.45, 7) is 2.10. The molecule has 1 aromatic rings. The zero-order valence-corrected chi connectivity index (χ0v) is 13.1. The molecule has 5 atom stereocenters. The maximum Gasteiger partial charge on any atom is 0.0850 e. The SMILES string of the molecule is CCc1nn(C)c(CC(N)C2C3C4CCC(C4)C23)c1Cl. The van der Waals surface area contributed by atoms with Crippen LogP contribution in [0.25, 0.3) is 0 Å². The number of fused-ring (bicyclic) bond motifs is 5. The number of rotatable bonds is 4. The molecule has 3 aliphatic rings. The van der Waals surface area contributed by atoms with Crippen molar-refractivity contribution in [1.29, 1.82) is 0 Å². The summed E-state index contributed by atoms with van der Waals surface area (Å²) >= 11 is 6.45. The van der Waals surface area contributed by atoms with Crippen LogP contribution in [0.1, 0.15) is 37.6 Å². The molecule has 3 saturated carbocycles. The molecule has 0 radical (unpaired) electrons. The number of nitrogens with zero attached hydrogens (tertiary/aromatic N) is 2. The second kappa shape index (κ2) is 4.48. The van der Waals surface area contributed by atoms with Gasteiger partial charge in [0.05, 0.1) is 16.4 Å². The van der Waals surface area contributed by atoms with Crippen molar-refractivity contribution in [3.63, 3.8) is 0 Å². The minimum atomic E-state index is 0.269. The van der Waals surface area contributed by atoms with Crippen molar-refractivity contribution in [1.82, 2.24) is 9.78 Å². The Morgan fingerprint density at radius 1 is 1.35 bits per heavy atom. The van der Waals surface area contributed by atoms with Gasteiger partial charge in [-0.3, -0.25) is 4.68 Å². The Bertz CT molecular complexity index is 522. The van der Waals surface area contributed by atoms with Crippen LogP contribution < -0.4 is 5.73 Å². The standard InChI is InChI=1S/C16H24ClN3/c1-3-11-16(17)12(20(2)19-11)7-10(18)15-13-8-4-5-9(6-8)14(13)15/h8-10,13-15H,3-7,18H2,1-2H3. The number of hydrogen-bond donors (Lipinski definition) is 1. The fourth-order valence-corrected chi connectivity index (χ4v) is 5.74. The molecule has 4 rings (SSSR count).